The van der Waals surface area contributed by atoms with Crippen LogP contribution >= 0.6 is 0 Å². The van der Waals surface area contributed by atoms with Gasteiger partial charge in [0.15, 0.2) is 23.0 Å². The van der Waals surface area contributed by atoms with Gasteiger partial charge in [0.05, 0.1) is 47.1 Å². The van der Waals surface area contributed by atoms with E-state index in [1.54, 1.807) is 28.4 Å². The topological polar surface area (TPSA) is 89.5 Å². The van der Waals surface area contributed by atoms with E-state index in [-0.39, 0.29) is 18.5 Å². The highest BCUT2D eigenvalue weighted by Crippen LogP contribution is 2.40. The number of benzene rings is 3. The van der Waals surface area contributed by atoms with Crippen molar-refractivity contribution in [2.24, 2.45) is 0 Å². The predicted molar refractivity (Wildman–Crippen MR) is 148 cm³/mol. The Morgan fingerprint density at radius 3 is 2.31 bits per heavy atom. The van der Waals surface area contributed by atoms with Crippen molar-refractivity contribution in [2.45, 2.75) is 37.5 Å². The number of nitrogens with one attached hydrogen (secondary N) is 1. The Bertz CT molecular complexity index is 1340. The van der Waals surface area contributed by atoms with E-state index in [0.717, 1.165) is 28.7 Å². The van der Waals surface area contributed by atoms with Crippen molar-refractivity contribution in [3.8, 4) is 23.0 Å². The van der Waals surface area contributed by atoms with Crippen molar-refractivity contribution in [3.05, 3.63) is 82.4 Å². The third kappa shape index (κ3) is 5.40. The van der Waals surface area contributed by atoms with Crippen molar-refractivity contribution in [1.29, 1.82) is 0 Å². The largest absolute Gasteiger partial charge is 0.493 e. The molecule has 3 aromatic rings. The van der Waals surface area contributed by atoms with Crippen LogP contribution in [-0.2, 0) is 24.1 Å². The highest BCUT2D eigenvalue weighted by Gasteiger charge is 2.34. The number of amides is 1. The molecule has 2 aliphatic rings. The first-order chi connectivity index (χ1) is 18.9. The molecule has 8 heteroatoms. The van der Waals surface area contributed by atoms with Gasteiger partial charge in [-0.2, -0.15) is 0 Å². The molecule has 5 rings (SSSR count). The number of nitrogens with zero attached hydrogens (tertiary/aromatic N) is 1. The van der Waals surface area contributed by atoms with Crippen LogP contribution in [0.5, 0.6) is 23.0 Å². The molecule has 2 N–H and O–H groups in total. The average Bonchev–Trinajstić information content (AvgIpc) is 3.27. The average molecular weight is 533 g/mol. The van der Waals surface area contributed by atoms with E-state index in [2.05, 4.69) is 10.2 Å². The number of carbonyl (C=O) groups is 1. The Labute approximate surface area is 229 Å². The van der Waals surface area contributed by atoms with Gasteiger partial charge in [-0.05, 0) is 64.9 Å². The van der Waals surface area contributed by atoms with E-state index >= 15 is 0 Å². The molecule has 0 spiro atoms. The first-order valence-corrected chi connectivity index (χ1v) is 13.2. The van der Waals surface area contributed by atoms with E-state index in [0.29, 0.717) is 42.4 Å². The summed E-state index contributed by atoms with van der Waals surface area (Å²) in [6.45, 7) is 0.912. The molecule has 1 heterocycles. The molecule has 8 nitrogen and oxygen atoms in total. The molecule has 1 aliphatic heterocycles. The Kier molecular flexibility index (Phi) is 7.95. The zero-order valence-corrected chi connectivity index (χ0v) is 22.9. The standard InChI is InChI=1S/C31H36N2O6/c1-36-26-10-9-19(14-27(26)37-2)13-24-23-17-29(39-4)28(38-3)16-21(23)11-12-33(24)18-30(35)32-31-22-8-6-5-7-20(22)15-25(31)34/h5-10,14,16-17,24-25,31,34H,11-13,15,18H2,1-4H3,(H,32,35)/t24-,25-,31+/m0/s1. The zero-order valence-electron chi connectivity index (χ0n) is 22.9. The van der Waals surface area contributed by atoms with Gasteiger partial charge >= 0.3 is 0 Å². The fraction of sp³-hybridized carbons (Fsp3) is 0.387. The number of ether oxygens (including phenoxy) is 4. The summed E-state index contributed by atoms with van der Waals surface area (Å²) in [5.74, 6) is 2.57. The number of methoxy groups -OCH3 is 4. The molecule has 3 atom stereocenters. The Morgan fingerprint density at radius 1 is 0.872 bits per heavy atom. The minimum Gasteiger partial charge on any atom is -0.493 e. The van der Waals surface area contributed by atoms with E-state index in [1.165, 1.54) is 5.56 Å². The molecule has 0 fully saturated rings. The second-order valence-corrected chi connectivity index (χ2v) is 10.1. The zero-order chi connectivity index (χ0) is 27.5. The number of hydrogen-bond acceptors (Lipinski definition) is 7. The van der Waals surface area contributed by atoms with Gasteiger partial charge in [-0.1, -0.05) is 30.3 Å². The summed E-state index contributed by atoms with van der Waals surface area (Å²) in [6.07, 6.45) is 1.35. The van der Waals surface area contributed by atoms with Crippen molar-refractivity contribution in [3.63, 3.8) is 0 Å². The molecule has 0 aromatic heterocycles. The Morgan fingerprint density at radius 2 is 1.56 bits per heavy atom. The van der Waals surface area contributed by atoms with Crippen molar-refractivity contribution >= 4 is 5.91 Å². The molecule has 0 unspecified atom stereocenters. The van der Waals surface area contributed by atoms with Crippen LogP contribution in [0.3, 0.4) is 0 Å². The summed E-state index contributed by atoms with van der Waals surface area (Å²) in [5.41, 5.74) is 5.41. The minimum atomic E-state index is -0.632. The molecule has 3 aromatic carbocycles. The quantitative estimate of drug-likeness (QED) is 0.435. The lowest BCUT2D eigenvalue weighted by molar-refractivity contribution is -0.124. The van der Waals surface area contributed by atoms with Gasteiger partial charge in [0.25, 0.3) is 0 Å². The monoisotopic (exact) mass is 532 g/mol. The van der Waals surface area contributed by atoms with Gasteiger partial charge in [-0.25, -0.2) is 0 Å². The number of hydrogen-bond donors (Lipinski definition) is 2. The first kappa shape index (κ1) is 26.8. The Balaban J connectivity index is 1.43. The van der Waals surface area contributed by atoms with Crippen LogP contribution in [0.1, 0.15) is 39.9 Å². The Hall–Kier alpha value is -3.75. The third-order valence-corrected chi connectivity index (χ3v) is 7.86. The molecule has 1 amide bonds. The molecule has 0 radical (unpaired) electrons. The predicted octanol–water partition coefficient (Wildman–Crippen LogP) is 3.64. The lowest BCUT2D eigenvalue weighted by atomic mass is 9.88. The van der Waals surface area contributed by atoms with Gasteiger partial charge in [0.2, 0.25) is 5.91 Å². The summed E-state index contributed by atoms with van der Waals surface area (Å²) in [6, 6.07) is 17.4. The molecule has 0 bridgehead atoms. The van der Waals surface area contributed by atoms with Crippen LogP contribution in [0.4, 0.5) is 0 Å². The van der Waals surface area contributed by atoms with Gasteiger partial charge in [0.1, 0.15) is 0 Å². The fourth-order valence-corrected chi connectivity index (χ4v) is 5.89. The van der Waals surface area contributed by atoms with Crippen LogP contribution < -0.4 is 24.3 Å². The smallest absolute Gasteiger partial charge is 0.234 e. The highest BCUT2D eigenvalue weighted by atomic mass is 16.5. The summed E-state index contributed by atoms with van der Waals surface area (Å²) < 4.78 is 22.2. The first-order valence-electron chi connectivity index (χ1n) is 13.2. The number of fused-ring (bicyclic) bond motifs is 2. The van der Waals surface area contributed by atoms with Gasteiger partial charge in [-0.15, -0.1) is 0 Å². The minimum absolute atomic E-state index is 0.0850. The lowest BCUT2D eigenvalue weighted by Gasteiger charge is -2.38. The maximum absolute atomic E-state index is 13.4. The van der Waals surface area contributed by atoms with Crippen LogP contribution in [0.25, 0.3) is 0 Å². The molecule has 1 aliphatic carbocycles. The van der Waals surface area contributed by atoms with Gasteiger partial charge < -0.3 is 29.4 Å². The van der Waals surface area contributed by atoms with E-state index in [9.17, 15) is 9.90 Å². The highest BCUT2D eigenvalue weighted by molar-refractivity contribution is 5.79. The number of aliphatic hydroxyl groups excluding tert-OH is 1. The van der Waals surface area contributed by atoms with E-state index in [4.69, 9.17) is 18.9 Å². The third-order valence-electron chi connectivity index (χ3n) is 7.86. The van der Waals surface area contributed by atoms with Gasteiger partial charge in [-0.3, -0.25) is 9.69 Å². The maximum Gasteiger partial charge on any atom is 0.234 e. The molecular weight excluding hydrogens is 496 g/mol. The van der Waals surface area contributed by atoms with E-state index in [1.807, 2.05) is 54.6 Å². The SMILES string of the molecule is COc1ccc(C[C@H]2c3cc(OC)c(OC)cc3CCN2CC(=O)N[C@@H]2c3ccccc3C[C@@H]2O)cc1OC. The molecule has 39 heavy (non-hydrogen) atoms. The van der Waals surface area contributed by atoms with Crippen molar-refractivity contribution in [1.82, 2.24) is 10.2 Å². The van der Waals surface area contributed by atoms with Crippen LogP contribution in [0.2, 0.25) is 0 Å². The second-order valence-electron chi connectivity index (χ2n) is 10.1. The number of carbonyl (C=O) groups excluding carboxylic acids is 1. The fourth-order valence-electron chi connectivity index (χ4n) is 5.89. The molecular formula is C31H36N2O6. The van der Waals surface area contributed by atoms with Crippen molar-refractivity contribution in [2.75, 3.05) is 41.5 Å². The maximum atomic E-state index is 13.4. The van der Waals surface area contributed by atoms with E-state index < -0.39 is 12.1 Å². The van der Waals surface area contributed by atoms with Crippen LogP contribution in [0.15, 0.2) is 54.6 Å². The molecule has 0 saturated carbocycles. The summed E-state index contributed by atoms with van der Waals surface area (Å²) >= 11 is 0. The lowest BCUT2D eigenvalue weighted by Crippen LogP contribution is -2.45. The van der Waals surface area contributed by atoms with Crippen molar-refractivity contribution < 1.29 is 28.8 Å². The molecule has 0 saturated heterocycles. The van der Waals surface area contributed by atoms with Crippen LogP contribution in [-0.4, -0.2) is 63.5 Å². The normalized spacial score (nSPS) is 20.1. The molecule has 206 valence electrons. The van der Waals surface area contributed by atoms with Crippen LogP contribution in [0, 0.1) is 0 Å². The number of rotatable bonds is 9. The summed E-state index contributed by atoms with van der Waals surface area (Å²) in [7, 11) is 6.52. The van der Waals surface area contributed by atoms with Gasteiger partial charge in [0, 0.05) is 19.0 Å². The second kappa shape index (κ2) is 11.6. The summed E-state index contributed by atoms with van der Waals surface area (Å²) in [4.78, 5) is 15.6. The number of aliphatic hydroxyl groups is 1. The summed E-state index contributed by atoms with van der Waals surface area (Å²) in [5, 5.41) is 13.8.